The number of nitrogens with one attached hydrogen (secondary N) is 1. The highest BCUT2D eigenvalue weighted by Gasteiger charge is 2.37. The van der Waals surface area contributed by atoms with Crippen LogP contribution in [-0.2, 0) is 17.8 Å². The molecular formula is C41H50F2N4O2. The molecule has 0 aliphatic carbocycles. The Morgan fingerprint density at radius 3 is 1.69 bits per heavy atom. The van der Waals surface area contributed by atoms with E-state index in [9.17, 15) is 13.6 Å². The van der Waals surface area contributed by atoms with E-state index in [1.54, 1.807) is 17.0 Å². The van der Waals surface area contributed by atoms with Crippen LogP contribution in [0.25, 0.3) is 0 Å². The van der Waals surface area contributed by atoms with Gasteiger partial charge in [0.25, 0.3) is 0 Å². The zero-order valence-electron chi connectivity index (χ0n) is 29.4. The molecule has 49 heavy (non-hydrogen) atoms. The molecule has 0 spiro atoms. The quantitative estimate of drug-likeness (QED) is 0.224. The maximum atomic E-state index is 13.4. The normalized spacial score (nSPS) is 21.8. The summed E-state index contributed by atoms with van der Waals surface area (Å²) in [6, 6.07) is 34.9. The highest BCUT2D eigenvalue weighted by molar-refractivity contribution is 5.69. The molecule has 6 rings (SSSR count). The van der Waals surface area contributed by atoms with Crippen molar-refractivity contribution in [3.8, 4) is 0 Å². The Bertz CT molecular complexity index is 1600. The lowest BCUT2D eigenvalue weighted by Gasteiger charge is -2.45. The van der Waals surface area contributed by atoms with Crippen LogP contribution in [-0.4, -0.2) is 64.7 Å². The fourth-order valence-corrected chi connectivity index (χ4v) is 6.44. The highest BCUT2D eigenvalue weighted by Crippen LogP contribution is 2.31. The predicted molar refractivity (Wildman–Crippen MR) is 192 cm³/mol. The number of hydrogen-bond acceptors (Lipinski definition) is 5. The Balaban J connectivity index is 0.000000199. The molecule has 0 saturated carbocycles. The summed E-state index contributed by atoms with van der Waals surface area (Å²) in [4.78, 5) is 19.5. The second-order valence-corrected chi connectivity index (χ2v) is 14.2. The number of carbonyl (C=O) groups is 1. The highest BCUT2D eigenvalue weighted by atomic mass is 19.1. The maximum Gasteiger partial charge on any atom is 0.410 e. The van der Waals surface area contributed by atoms with Crippen LogP contribution in [0, 0.1) is 11.6 Å². The second-order valence-electron chi connectivity index (χ2n) is 14.2. The van der Waals surface area contributed by atoms with Crippen molar-refractivity contribution >= 4 is 6.09 Å². The number of nitrogens with zero attached hydrogens (tertiary/aromatic N) is 3. The zero-order chi connectivity index (χ0) is 35.0. The standard InChI is InChI=1S/C23H29FN2O2.C18H21FN2/c1-17-14-26(22(27)28-23(2,3)4)21(19-10-12-20(24)13-11-19)16-25(17)15-18-8-6-5-7-9-18;1-14-11-20-18(16-7-9-17(19)10-8-16)13-21(14)12-15-5-3-2-4-6-15/h5-13,17,21H,14-16H2,1-4H3;2-10,14,18,20H,11-13H2,1H3/t17-,21-;14-,18-/m11/s1. The Hall–Kier alpha value is -4.11. The number of carbonyl (C=O) groups excluding carboxylic acids is 1. The van der Waals surface area contributed by atoms with E-state index in [0.717, 1.165) is 37.3 Å². The maximum absolute atomic E-state index is 13.4. The third-order valence-corrected chi connectivity index (χ3v) is 9.18. The lowest BCUT2D eigenvalue weighted by Crippen LogP contribution is -2.55. The van der Waals surface area contributed by atoms with E-state index in [-0.39, 0.29) is 35.9 Å². The third kappa shape index (κ3) is 10.4. The van der Waals surface area contributed by atoms with Crippen LogP contribution in [0.3, 0.4) is 0 Å². The summed E-state index contributed by atoms with van der Waals surface area (Å²) in [7, 11) is 0. The van der Waals surface area contributed by atoms with E-state index in [1.807, 2.05) is 57.2 Å². The summed E-state index contributed by atoms with van der Waals surface area (Å²) < 4.78 is 32.1. The second kappa shape index (κ2) is 16.5. The average Bonchev–Trinajstić information content (AvgIpc) is 3.08. The number of rotatable bonds is 6. The fourth-order valence-electron chi connectivity index (χ4n) is 6.44. The molecule has 2 fully saturated rings. The minimum absolute atomic E-state index is 0.177. The van der Waals surface area contributed by atoms with Gasteiger partial charge in [0, 0.05) is 57.4 Å². The monoisotopic (exact) mass is 668 g/mol. The van der Waals surface area contributed by atoms with Crippen LogP contribution in [0.2, 0.25) is 0 Å². The number of halogens is 2. The molecule has 6 nitrogen and oxygen atoms in total. The van der Waals surface area contributed by atoms with Gasteiger partial charge in [-0.2, -0.15) is 0 Å². The smallest absolute Gasteiger partial charge is 0.410 e. The van der Waals surface area contributed by atoms with Gasteiger partial charge in [-0.1, -0.05) is 84.9 Å². The SMILES string of the molecule is C[C@@H]1CN(C(=O)OC(C)(C)C)[C@@H](c2ccc(F)cc2)CN1Cc1ccccc1.C[C@@H]1CN[C@@H](c2ccc(F)cc2)CN1Cc1ccccc1. The van der Waals surface area contributed by atoms with Gasteiger partial charge >= 0.3 is 6.09 Å². The van der Waals surface area contributed by atoms with E-state index in [1.165, 1.54) is 35.4 Å². The number of hydrogen-bond donors (Lipinski definition) is 1. The summed E-state index contributed by atoms with van der Waals surface area (Å²) in [5, 5.41) is 3.56. The number of amides is 1. The number of benzene rings is 4. The van der Waals surface area contributed by atoms with Crippen molar-refractivity contribution in [2.24, 2.45) is 0 Å². The predicted octanol–water partition coefficient (Wildman–Crippen LogP) is 8.37. The molecule has 0 unspecified atom stereocenters. The molecule has 0 radical (unpaired) electrons. The molecule has 1 amide bonds. The zero-order valence-corrected chi connectivity index (χ0v) is 29.4. The first kappa shape index (κ1) is 36.2. The minimum atomic E-state index is -0.561. The van der Waals surface area contributed by atoms with E-state index >= 15 is 0 Å². The van der Waals surface area contributed by atoms with Crippen molar-refractivity contribution in [2.45, 2.75) is 77.5 Å². The minimum Gasteiger partial charge on any atom is -0.444 e. The van der Waals surface area contributed by atoms with Gasteiger partial charge in [0.1, 0.15) is 17.2 Å². The summed E-state index contributed by atoms with van der Waals surface area (Å²) in [5.41, 5.74) is 4.08. The molecule has 2 aliphatic heterocycles. The van der Waals surface area contributed by atoms with Gasteiger partial charge in [0.2, 0.25) is 0 Å². The van der Waals surface area contributed by atoms with Crippen LogP contribution >= 0.6 is 0 Å². The first-order valence-electron chi connectivity index (χ1n) is 17.2. The lowest BCUT2D eigenvalue weighted by molar-refractivity contribution is -0.0159. The average molecular weight is 669 g/mol. The lowest BCUT2D eigenvalue weighted by atomic mass is 9.99. The molecular weight excluding hydrogens is 618 g/mol. The Kier molecular flexibility index (Phi) is 12.2. The van der Waals surface area contributed by atoms with Crippen molar-refractivity contribution in [1.29, 1.82) is 0 Å². The van der Waals surface area contributed by atoms with Crippen molar-refractivity contribution in [3.63, 3.8) is 0 Å². The van der Waals surface area contributed by atoms with E-state index in [2.05, 4.69) is 65.4 Å². The van der Waals surface area contributed by atoms with Gasteiger partial charge in [-0.25, -0.2) is 13.6 Å². The van der Waals surface area contributed by atoms with Crippen LogP contribution in [0.4, 0.5) is 13.6 Å². The number of ether oxygens (including phenoxy) is 1. The van der Waals surface area contributed by atoms with Crippen LogP contribution in [0.15, 0.2) is 109 Å². The molecule has 260 valence electrons. The van der Waals surface area contributed by atoms with Crippen molar-refractivity contribution in [1.82, 2.24) is 20.0 Å². The first-order valence-corrected chi connectivity index (χ1v) is 17.2. The molecule has 1 N–H and O–H groups in total. The molecule has 4 aromatic carbocycles. The van der Waals surface area contributed by atoms with Crippen molar-refractivity contribution < 1.29 is 18.3 Å². The topological polar surface area (TPSA) is 48.1 Å². The molecule has 2 heterocycles. The molecule has 0 aromatic heterocycles. The largest absolute Gasteiger partial charge is 0.444 e. The summed E-state index contributed by atoms with van der Waals surface area (Å²) in [6.45, 7) is 14.9. The van der Waals surface area contributed by atoms with Gasteiger partial charge in [-0.3, -0.25) is 14.7 Å². The van der Waals surface area contributed by atoms with Gasteiger partial charge in [0.05, 0.1) is 6.04 Å². The fraction of sp³-hybridized carbons (Fsp3) is 0.390. The summed E-state index contributed by atoms with van der Waals surface area (Å²) in [5.74, 6) is -0.457. The Morgan fingerprint density at radius 2 is 1.18 bits per heavy atom. The molecule has 2 aliphatic rings. The van der Waals surface area contributed by atoms with Gasteiger partial charge in [-0.05, 0) is 81.1 Å². The van der Waals surface area contributed by atoms with Crippen molar-refractivity contribution in [2.75, 3.05) is 26.2 Å². The third-order valence-electron chi connectivity index (χ3n) is 9.18. The van der Waals surface area contributed by atoms with E-state index in [4.69, 9.17) is 4.74 Å². The van der Waals surface area contributed by atoms with Crippen LogP contribution < -0.4 is 5.32 Å². The molecule has 8 heteroatoms. The molecule has 4 aromatic rings. The van der Waals surface area contributed by atoms with E-state index < -0.39 is 5.60 Å². The molecule has 2 saturated heterocycles. The van der Waals surface area contributed by atoms with Crippen LogP contribution in [0.1, 0.15) is 69.0 Å². The van der Waals surface area contributed by atoms with Gasteiger partial charge < -0.3 is 10.1 Å². The van der Waals surface area contributed by atoms with Gasteiger partial charge in [-0.15, -0.1) is 0 Å². The molecule has 4 atom stereocenters. The summed E-state index contributed by atoms with van der Waals surface area (Å²) in [6.07, 6.45) is -0.326. The Labute approximate surface area is 290 Å². The number of piperazine rings is 2. The first-order chi connectivity index (χ1) is 23.4. The molecule has 0 bridgehead atoms. The van der Waals surface area contributed by atoms with Crippen molar-refractivity contribution in [3.05, 3.63) is 143 Å². The Morgan fingerprint density at radius 1 is 0.694 bits per heavy atom. The van der Waals surface area contributed by atoms with E-state index in [0.29, 0.717) is 19.1 Å². The van der Waals surface area contributed by atoms with Gasteiger partial charge in [0.15, 0.2) is 0 Å². The van der Waals surface area contributed by atoms with Crippen LogP contribution in [0.5, 0.6) is 0 Å². The summed E-state index contributed by atoms with van der Waals surface area (Å²) >= 11 is 0.